The van der Waals surface area contributed by atoms with Crippen molar-refractivity contribution in [2.45, 2.75) is 57.4 Å². The van der Waals surface area contributed by atoms with Crippen molar-refractivity contribution in [3.8, 4) is 0 Å². The molecule has 1 aliphatic carbocycles. The van der Waals surface area contributed by atoms with Crippen LogP contribution in [0.4, 0.5) is 0 Å². The van der Waals surface area contributed by atoms with Crippen molar-refractivity contribution in [3.63, 3.8) is 0 Å². The summed E-state index contributed by atoms with van der Waals surface area (Å²) in [4.78, 5) is 7.38. The van der Waals surface area contributed by atoms with Gasteiger partial charge in [0.25, 0.3) is 0 Å². The molecule has 2 aliphatic rings. The van der Waals surface area contributed by atoms with Gasteiger partial charge in [0.2, 0.25) is 0 Å². The summed E-state index contributed by atoms with van der Waals surface area (Å²) < 4.78 is 0. The molecule has 0 N–H and O–H groups in total. The molecule has 1 unspecified atom stereocenters. The van der Waals surface area contributed by atoms with Crippen molar-refractivity contribution in [1.82, 2.24) is 9.88 Å². The van der Waals surface area contributed by atoms with Gasteiger partial charge in [0.15, 0.2) is 0 Å². The molecule has 3 rings (SSSR count). The molecule has 0 amide bonds. The Morgan fingerprint density at radius 3 is 2.67 bits per heavy atom. The largest absolute Gasteiger partial charge is 0.300 e. The summed E-state index contributed by atoms with van der Waals surface area (Å²) in [6.45, 7) is 4.66. The highest BCUT2D eigenvalue weighted by Crippen LogP contribution is 2.31. The van der Waals surface area contributed by atoms with E-state index in [0.717, 1.165) is 6.04 Å². The first kappa shape index (κ1) is 12.2. The standard InChI is InChI=1S/C16H24N2/c1-13-8-9-16(17-11-13)14-5-4-10-18(12-14)15-6-2-3-7-15/h8-9,11,14-15H,2-7,10,12H2,1H3. The zero-order valence-corrected chi connectivity index (χ0v) is 11.4. The molecule has 1 atom stereocenters. The number of rotatable bonds is 2. The Morgan fingerprint density at radius 1 is 1.11 bits per heavy atom. The summed E-state index contributed by atoms with van der Waals surface area (Å²) in [6.07, 6.45) is 10.4. The third kappa shape index (κ3) is 2.59. The molecular weight excluding hydrogens is 220 g/mol. The van der Waals surface area contributed by atoms with Crippen molar-refractivity contribution in [2.75, 3.05) is 13.1 Å². The maximum atomic E-state index is 4.64. The van der Waals surface area contributed by atoms with E-state index in [1.54, 1.807) is 0 Å². The highest BCUT2D eigenvalue weighted by Gasteiger charge is 2.28. The zero-order valence-electron chi connectivity index (χ0n) is 11.4. The topological polar surface area (TPSA) is 16.1 Å². The Hall–Kier alpha value is -0.890. The van der Waals surface area contributed by atoms with Gasteiger partial charge in [-0.15, -0.1) is 0 Å². The van der Waals surface area contributed by atoms with E-state index in [0.29, 0.717) is 5.92 Å². The van der Waals surface area contributed by atoms with E-state index in [9.17, 15) is 0 Å². The van der Waals surface area contributed by atoms with Crippen molar-refractivity contribution in [2.24, 2.45) is 0 Å². The first-order valence-corrected chi connectivity index (χ1v) is 7.49. The van der Waals surface area contributed by atoms with Gasteiger partial charge in [-0.3, -0.25) is 9.88 Å². The number of nitrogens with zero attached hydrogens (tertiary/aromatic N) is 2. The van der Waals surface area contributed by atoms with Crippen molar-refractivity contribution in [1.29, 1.82) is 0 Å². The van der Waals surface area contributed by atoms with Crippen LogP contribution in [-0.2, 0) is 0 Å². The number of aryl methyl sites for hydroxylation is 1. The van der Waals surface area contributed by atoms with Gasteiger partial charge >= 0.3 is 0 Å². The quantitative estimate of drug-likeness (QED) is 0.791. The van der Waals surface area contributed by atoms with E-state index in [-0.39, 0.29) is 0 Å². The highest BCUT2D eigenvalue weighted by atomic mass is 15.2. The Morgan fingerprint density at radius 2 is 1.94 bits per heavy atom. The van der Waals surface area contributed by atoms with Crippen LogP contribution in [0.5, 0.6) is 0 Å². The maximum absolute atomic E-state index is 4.64. The summed E-state index contributed by atoms with van der Waals surface area (Å²) in [5.41, 5.74) is 2.57. The molecule has 0 bridgehead atoms. The Kier molecular flexibility index (Phi) is 3.64. The lowest BCUT2D eigenvalue weighted by Crippen LogP contribution is -2.40. The van der Waals surface area contributed by atoms with Gasteiger partial charge in [-0.1, -0.05) is 18.9 Å². The third-order valence-electron chi connectivity index (χ3n) is 4.65. The van der Waals surface area contributed by atoms with Crippen LogP contribution in [0.25, 0.3) is 0 Å². The maximum Gasteiger partial charge on any atom is 0.0447 e. The molecule has 0 aromatic carbocycles. The lowest BCUT2D eigenvalue weighted by Gasteiger charge is -2.36. The minimum absolute atomic E-state index is 0.667. The zero-order chi connectivity index (χ0) is 12.4. The highest BCUT2D eigenvalue weighted by molar-refractivity contribution is 5.16. The molecule has 1 saturated carbocycles. The molecule has 2 nitrogen and oxygen atoms in total. The summed E-state index contributed by atoms with van der Waals surface area (Å²) in [6, 6.07) is 5.31. The van der Waals surface area contributed by atoms with Crippen LogP contribution in [0.3, 0.4) is 0 Å². The average Bonchev–Trinajstić information content (AvgIpc) is 2.94. The lowest BCUT2D eigenvalue weighted by atomic mass is 9.93. The summed E-state index contributed by atoms with van der Waals surface area (Å²) in [5.74, 6) is 0.667. The van der Waals surface area contributed by atoms with Crippen LogP contribution < -0.4 is 0 Å². The van der Waals surface area contributed by atoms with Crippen LogP contribution >= 0.6 is 0 Å². The average molecular weight is 244 g/mol. The minimum atomic E-state index is 0.667. The summed E-state index contributed by atoms with van der Waals surface area (Å²) in [7, 11) is 0. The van der Waals surface area contributed by atoms with Gasteiger partial charge < -0.3 is 0 Å². The van der Waals surface area contributed by atoms with Gasteiger partial charge in [0, 0.05) is 30.4 Å². The van der Waals surface area contributed by atoms with Crippen LogP contribution in [0.15, 0.2) is 18.3 Å². The first-order chi connectivity index (χ1) is 8.83. The molecule has 1 aromatic rings. The van der Waals surface area contributed by atoms with Crippen molar-refractivity contribution in [3.05, 3.63) is 29.6 Å². The van der Waals surface area contributed by atoms with Gasteiger partial charge in [-0.05, 0) is 50.8 Å². The molecule has 2 heteroatoms. The van der Waals surface area contributed by atoms with Gasteiger partial charge in [0.1, 0.15) is 0 Å². The lowest BCUT2D eigenvalue weighted by molar-refractivity contribution is 0.149. The second-order valence-corrected chi connectivity index (χ2v) is 6.03. The monoisotopic (exact) mass is 244 g/mol. The number of likely N-dealkylation sites (tertiary alicyclic amines) is 1. The van der Waals surface area contributed by atoms with E-state index >= 15 is 0 Å². The van der Waals surface area contributed by atoms with Crippen LogP contribution in [0.1, 0.15) is 55.7 Å². The predicted molar refractivity (Wildman–Crippen MR) is 74.8 cm³/mol. The minimum Gasteiger partial charge on any atom is -0.300 e. The number of hydrogen-bond donors (Lipinski definition) is 0. The van der Waals surface area contributed by atoms with E-state index in [2.05, 4.69) is 28.9 Å². The fraction of sp³-hybridized carbons (Fsp3) is 0.688. The summed E-state index contributed by atoms with van der Waals surface area (Å²) >= 11 is 0. The summed E-state index contributed by atoms with van der Waals surface area (Å²) in [5, 5.41) is 0. The van der Waals surface area contributed by atoms with Crippen LogP contribution in [0.2, 0.25) is 0 Å². The predicted octanol–water partition coefficient (Wildman–Crippen LogP) is 3.51. The number of pyridine rings is 1. The smallest absolute Gasteiger partial charge is 0.0447 e. The molecular formula is C16H24N2. The van der Waals surface area contributed by atoms with E-state index in [1.807, 2.05) is 6.20 Å². The van der Waals surface area contributed by atoms with Gasteiger partial charge in [-0.2, -0.15) is 0 Å². The number of hydrogen-bond acceptors (Lipinski definition) is 2. The molecule has 1 aliphatic heterocycles. The van der Waals surface area contributed by atoms with E-state index in [1.165, 1.54) is 62.9 Å². The van der Waals surface area contributed by atoms with Gasteiger partial charge in [0.05, 0.1) is 0 Å². The molecule has 1 saturated heterocycles. The molecule has 1 aromatic heterocycles. The molecule has 2 fully saturated rings. The van der Waals surface area contributed by atoms with Gasteiger partial charge in [-0.25, -0.2) is 0 Å². The fourth-order valence-corrected chi connectivity index (χ4v) is 3.57. The fourth-order valence-electron chi connectivity index (χ4n) is 3.57. The van der Waals surface area contributed by atoms with Crippen molar-refractivity contribution >= 4 is 0 Å². The molecule has 18 heavy (non-hydrogen) atoms. The molecule has 0 spiro atoms. The molecule has 2 heterocycles. The second-order valence-electron chi connectivity index (χ2n) is 6.03. The Bertz CT molecular complexity index is 379. The molecule has 98 valence electrons. The van der Waals surface area contributed by atoms with Crippen LogP contribution in [0, 0.1) is 6.92 Å². The Balaban J connectivity index is 1.67. The van der Waals surface area contributed by atoms with Crippen LogP contribution in [-0.4, -0.2) is 29.0 Å². The number of aromatic nitrogens is 1. The normalized spacial score (nSPS) is 26.6. The van der Waals surface area contributed by atoms with Crippen molar-refractivity contribution < 1.29 is 0 Å². The first-order valence-electron chi connectivity index (χ1n) is 7.49. The third-order valence-corrected chi connectivity index (χ3v) is 4.65. The Labute approximate surface area is 110 Å². The number of piperidine rings is 1. The molecule has 0 radical (unpaired) electrons. The second kappa shape index (κ2) is 5.40. The van der Waals surface area contributed by atoms with E-state index in [4.69, 9.17) is 0 Å². The van der Waals surface area contributed by atoms with E-state index < -0.39 is 0 Å². The SMILES string of the molecule is Cc1ccc(C2CCCN(C3CCCC3)C2)nc1.